The number of hydrogen-bond acceptors (Lipinski definition) is 21. The number of pyridine rings is 7. The number of benzene rings is 7. The highest BCUT2D eigenvalue weighted by Gasteiger charge is 2.28. The van der Waals surface area contributed by atoms with E-state index in [1.165, 1.54) is 106 Å². The number of methoxy groups -OCH3 is 2. The topological polar surface area (TPSA) is 339 Å². The quantitative estimate of drug-likeness (QED) is 0.0215. The molecule has 14 aromatic rings. The van der Waals surface area contributed by atoms with E-state index in [1.54, 1.807) is 124 Å². The van der Waals surface area contributed by atoms with Crippen LogP contribution in [-0.2, 0) is 50.8 Å². The van der Waals surface area contributed by atoms with Gasteiger partial charge in [-0.05, 0) is 284 Å². The largest absolute Gasteiger partial charge is 0.497 e. The van der Waals surface area contributed by atoms with Crippen LogP contribution < -0.4 is 65.1 Å². The summed E-state index contributed by atoms with van der Waals surface area (Å²) in [5, 5.41) is 18.6. The van der Waals surface area contributed by atoms with E-state index >= 15 is 0 Å². The van der Waals surface area contributed by atoms with Crippen molar-refractivity contribution in [2.24, 2.45) is 11.8 Å². The lowest BCUT2D eigenvalue weighted by Crippen LogP contribution is -2.39. The van der Waals surface area contributed by atoms with Crippen molar-refractivity contribution in [3.8, 4) is 40.2 Å². The van der Waals surface area contributed by atoms with Crippen molar-refractivity contribution in [1.82, 2.24) is 61.5 Å². The van der Waals surface area contributed by atoms with E-state index in [0.717, 1.165) is 88.6 Å². The van der Waals surface area contributed by atoms with Crippen LogP contribution in [-0.4, -0.2) is 115 Å². The van der Waals surface area contributed by atoms with Crippen LogP contribution in [0.5, 0.6) is 40.2 Å². The first kappa shape index (κ1) is 107. The fraction of sp³-hybridized carbons (Fsp3) is 0.291. The molecule has 2 unspecified atom stereocenters. The minimum absolute atomic E-state index is 0.0391. The van der Waals surface area contributed by atoms with E-state index < -0.39 is 0 Å². The van der Waals surface area contributed by atoms with Gasteiger partial charge >= 0.3 is 0 Å². The first-order valence-corrected chi connectivity index (χ1v) is 49.7. The van der Waals surface area contributed by atoms with Crippen molar-refractivity contribution in [3.05, 3.63) is 412 Å². The van der Waals surface area contributed by atoms with E-state index in [0.29, 0.717) is 113 Å². The van der Waals surface area contributed by atoms with Crippen molar-refractivity contribution in [3.63, 3.8) is 0 Å². The van der Waals surface area contributed by atoms with Gasteiger partial charge in [0.15, 0.2) is 0 Å². The number of halogens is 2. The zero-order valence-corrected chi connectivity index (χ0v) is 83.6. The first-order chi connectivity index (χ1) is 71.3. The third-order valence-corrected chi connectivity index (χ3v) is 25.0. The molecule has 3 fully saturated rings. The lowest BCUT2D eigenvalue weighted by Gasteiger charge is -2.28. The number of amides is 6. The Morgan fingerprint density at radius 1 is 0.342 bits per heavy atom. The number of ether oxygens (including phenoxy) is 8. The Morgan fingerprint density at radius 2 is 0.705 bits per heavy atom. The van der Waals surface area contributed by atoms with Gasteiger partial charge in [-0.3, -0.25) is 58.7 Å². The summed E-state index contributed by atoms with van der Waals surface area (Å²) in [6.45, 7) is 8.55. The molecule has 0 aliphatic heterocycles. The molecule has 18 rings (SSSR count). The Balaban J connectivity index is 0.000000147. The van der Waals surface area contributed by atoms with Crippen LogP contribution in [0.25, 0.3) is 0 Å². The van der Waals surface area contributed by atoms with Gasteiger partial charge in [-0.15, -0.1) is 0 Å². The highest BCUT2D eigenvalue weighted by atomic mass is 35.5. The van der Waals surface area contributed by atoms with Crippen LogP contribution in [0.1, 0.15) is 224 Å². The zero-order chi connectivity index (χ0) is 102. The van der Waals surface area contributed by atoms with E-state index in [9.17, 15) is 33.2 Å². The van der Waals surface area contributed by atoms with Crippen molar-refractivity contribution in [2.75, 3.05) is 26.1 Å². The van der Waals surface area contributed by atoms with Gasteiger partial charge in [0.1, 0.15) is 91.5 Å². The monoisotopic (exact) mass is 1990 g/mol. The number of nitrogens with one attached hydrogen (secondary N) is 6. The number of carbonyl (C=O) groups excluding carboxylic acids is 6. The molecule has 4 atom stereocenters. The van der Waals surface area contributed by atoms with Gasteiger partial charge < -0.3 is 69.8 Å². The molecular weight excluding hydrogens is 1870 g/mol. The summed E-state index contributed by atoms with van der Waals surface area (Å²) in [6.07, 6.45) is 29.0. The molecule has 0 spiro atoms. The van der Waals surface area contributed by atoms with Gasteiger partial charge in [-0.1, -0.05) is 141 Å². The third kappa shape index (κ3) is 36.2. The molecule has 7 aromatic carbocycles. The Morgan fingerprint density at radius 3 is 1.09 bits per heavy atom. The van der Waals surface area contributed by atoms with E-state index in [1.807, 2.05) is 183 Å². The standard InChI is InChI=1S/C22H28N2O3.C22H20N2O2.C21H25ClN2O2.C18H15N3O2.C17H19FN2O3.C17H18N2O2/c1-16(17-6-4-3-5-7-17)24-22(25)18-8-9-19(23-14-18)15-27-21-12-10-20(26-2)11-13-21;25-22(24-21-13-11-16-6-4-5-9-20(16)21)17-10-12-18(23-14-17)15-26-19-7-2-1-3-8-19;1-15(16-5-3-2-4-6-16)24-21(25)17-7-10-19(23-13-17)14-26-20-11-8-18(22)9-12-20;22-18(21-17-8-4-5-11-19-17)14-9-10-15(20-12-14)13-23-16-6-2-1-3-7-16;1-12(10-22-2)20-17(21)13-6-7-15(19-9-13)11-23-16-5-3-4-14(18)8-16;20-17(19-14-5-4-6-14)13-9-10-15(18-11-13)12-21-16-7-2-1-3-8-16/h8-14,16-17H,3-7,15H2,1-2H3,(H,24,25);1-10,12,14,21H,11,13,15H2,(H,24,25);7-13,15-16H,2-6,14H2,1H3,(H,24,25);1-12H,13H2,(H,19,21,22);3-9,12H,10-11H2,1-2H3,(H,20,21);1-3,7-11,14H,4-6,12H2,(H,19,20)/t16-;;15-;;;/m1.1.../s1. The molecule has 27 nitrogen and oxygen atoms in total. The van der Waals surface area contributed by atoms with E-state index in [4.69, 9.17) is 49.5 Å². The van der Waals surface area contributed by atoms with Crippen LogP contribution >= 0.6 is 11.6 Å². The van der Waals surface area contributed by atoms with Crippen LogP contribution in [0.3, 0.4) is 0 Å². The SMILES string of the molecule is COCC(C)NC(=O)c1ccc(COc2cccc(F)c2)nc1.COc1ccc(OCc2ccc(C(=O)N[C@H](C)C3CCCCC3)cn2)cc1.C[C@@H](NC(=O)c1ccc(COc2ccc(Cl)cc2)nc1)C1CCCCC1.O=C(NC1CCC1)c1ccc(COc2ccccc2)nc1.O=C(NC1CCc2ccccc21)c1ccc(COc2ccccc2)nc1.O=C(Nc1ccccn1)c1ccc(COc2ccccc2)nc1. The molecule has 7 aromatic heterocycles. The molecule has 756 valence electrons. The Labute approximate surface area is 857 Å². The maximum atomic E-state index is 13.0. The number of anilines is 1. The molecule has 3 saturated carbocycles. The fourth-order valence-electron chi connectivity index (χ4n) is 16.2. The molecule has 0 radical (unpaired) electrons. The predicted octanol–water partition coefficient (Wildman–Crippen LogP) is 22.3. The predicted molar refractivity (Wildman–Crippen MR) is 560 cm³/mol. The first-order valence-electron chi connectivity index (χ1n) is 49.4. The average Bonchev–Trinajstić information content (AvgIpc) is 1.68. The Hall–Kier alpha value is -15.8. The summed E-state index contributed by atoms with van der Waals surface area (Å²) < 4.78 is 56.9. The van der Waals surface area contributed by atoms with Crippen molar-refractivity contribution >= 4 is 52.9 Å². The molecule has 0 saturated heterocycles. The lowest BCUT2D eigenvalue weighted by molar-refractivity contribution is 0.0899. The third-order valence-electron chi connectivity index (χ3n) is 24.8. The fourth-order valence-corrected chi connectivity index (χ4v) is 16.3. The molecule has 4 aliphatic carbocycles. The second-order valence-corrected chi connectivity index (χ2v) is 36.1. The summed E-state index contributed by atoms with van der Waals surface area (Å²) in [7, 11) is 3.21. The lowest BCUT2D eigenvalue weighted by atomic mass is 9.84. The summed E-state index contributed by atoms with van der Waals surface area (Å²) in [5.74, 6) is 5.75. The maximum Gasteiger partial charge on any atom is 0.258 e. The number of fused-ring (bicyclic) bond motifs is 1. The summed E-state index contributed by atoms with van der Waals surface area (Å²) >= 11 is 5.86. The van der Waals surface area contributed by atoms with Crippen molar-refractivity contribution in [1.29, 1.82) is 0 Å². The summed E-state index contributed by atoms with van der Waals surface area (Å²) in [6, 6.07) is 85.0. The molecule has 29 heteroatoms. The number of para-hydroxylation sites is 3. The second-order valence-electron chi connectivity index (χ2n) is 35.7. The highest BCUT2D eigenvalue weighted by Crippen LogP contribution is 2.33. The number of nitrogens with zero attached hydrogens (tertiary/aromatic N) is 7. The van der Waals surface area contributed by atoms with E-state index in [2.05, 4.69) is 92.8 Å². The number of rotatable bonds is 35. The molecule has 4 aliphatic rings. The Bertz CT molecular complexity index is 6310. The van der Waals surface area contributed by atoms with Gasteiger partial charge in [0, 0.05) is 85.7 Å². The van der Waals surface area contributed by atoms with Gasteiger partial charge in [0.05, 0.1) is 87.3 Å². The maximum absolute atomic E-state index is 13.0. The smallest absolute Gasteiger partial charge is 0.258 e. The average molecular weight is 1990 g/mol. The van der Waals surface area contributed by atoms with Gasteiger partial charge in [-0.2, -0.15) is 0 Å². The minimum atomic E-state index is -0.354. The number of carbonyl (C=O) groups is 6. The highest BCUT2D eigenvalue weighted by molar-refractivity contribution is 6.30. The van der Waals surface area contributed by atoms with Crippen LogP contribution in [0.4, 0.5) is 10.2 Å². The molecule has 7 heterocycles. The zero-order valence-electron chi connectivity index (χ0n) is 82.8. The Kier molecular flexibility index (Phi) is 42.8. The molecule has 0 bridgehead atoms. The van der Waals surface area contributed by atoms with Gasteiger partial charge in [-0.25, -0.2) is 9.37 Å². The summed E-state index contributed by atoms with van der Waals surface area (Å²) in [4.78, 5) is 103. The molecule has 6 amide bonds. The van der Waals surface area contributed by atoms with Crippen LogP contribution in [0.2, 0.25) is 5.02 Å². The van der Waals surface area contributed by atoms with Crippen molar-refractivity contribution in [2.45, 2.75) is 187 Å². The number of hydrogen-bond donors (Lipinski definition) is 6. The van der Waals surface area contributed by atoms with Crippen LogP contribution in [0, 0.1) is 17.7 Å². The van der Waals surface area contributed by atoms with Crippen LogP contribution in [0.15, 0.2) is 322 Å². The van der Waals surface area contributed by atoms with E-state index in [-0.39, 0.29) is 72.0 Å². The number of aryl methyl sites for hydroxylation is 1. The molecule has 146 heavy (non-hydrogen) atoms. The van der Waals surface area contributed by atoms with Crippen molar-refractivity contribution < 1.29 is 71.1 Å². The summed E-state index contributed by atoms with van der Waals surface area (Å²) in [5.41, 5.74) is 10.4. The molecular formula is C117H125ClFN13O14. The number of aromatic nitrogens is 7. The van der Waals surface area contributed by atoms with Gasteiger partial charge in [0.2, 0.25) is 0 Å². The van der Waals surface area contributed by atoms with Gasteiger partial charge in [0.25, 0.3) is 35.4 Å². The normalized spacial score (nSPS) is 14.0. The second kappa shape index (κ2) is 58.1. The minimum Gasteiger partial charge on any atom is -0.497 e. The molecule has 6 N–H and O–H groups in total.